The number of unbranched alkanes of at least 4 members (excludes halogenated alkanes) is 12. The van der Waals surface area contributed by atoms with E-state index in [4.69, 9.17) is 0 Å². The molecule has 0 N–H and O–H groups in total. The van der Waals surface area contributed by atoms with Crippen LogP contribution in [0, 0.1) is 5.92 Å². The van der Waals surface area contributed by atoms with E-state index < -0.39 is 0 Å². The molecule has 0 amide bonds. The highest BCUT2D eigenvalue weighted by molar-refractivity contribution is 9.10. The number of hydrogen-bond acceptors (Lipinski definition) is 1. The molecule has 2 aromatic carbocycles. The van der Waals surface area contributed by atoms with Crippen LogP contribution in [0.1, 0.15) is 117 Å². The zero-order valence-corrected chi connectivity index (χ0v) is 26.3. The molecular formula is C33H47Br2NO. The maximum Gasteiger partial charge on any atom is 0.258 e. The van der Waals surface area contributed by atoms with Crippen molar-refractivity contribution in [2.75, 3.05) is 0 Å². The van der Waals surface area contributed by atoms with Crippen molar-refractivity contribution in [2.45, 2.75) is 123 Å². The van der Waals surface area contributed by atoms with Crippen molar-refractivity contribution in [3.8, 4) is 0 Å². The van der Waals surface area contributed by atoms with Gasteiger partial charge in [-0.25, -0.2) is 0 Å². The molecule has 1 atom stereocenters. The Morgan fingerprint density at radius 1 is 0.622 bits per heavy atom. The van der Waals surface area contributed by atoms with E-state index in [1.807, 2.05) is 12.1 Å². The first-order valence-corrected chi connectivity index (χ1v) is 16.5. The molecular weight excluding hydrogens is 586 g/mol. The van der Waals surface area contributed by atoms with Gasteiger partial charge < -0.3 is 4.57 Å². The number of benzene rings is 2. The van der Waals surface area contributed by atoms with Gasteiger partial charge in [0, 0.05) is 26.3 Å². The summed E-state index contributed by atoms with van der Waals surface area (Å²) in [7, 11) is 0. The zero-order chi connectivity index (χ0) is 26.5. The highest BCUT2D eigenvalue weighted by Crippen LogP contribution is 2.29. The molecule has 0 bridgehead atoms. The number of aromatic nitrogens is 1. The van der Waals surface area contributed by atoms with Gasteiger partial charge in [0.05, 0.1) is 5.52 Å². The molecule has 0 aliphatic heterocycles. The lowest BCUT2D eigenvalue weighted by molar-refractivity contribution is 0.358. The van der Waals surface area contributed by atoms with E-state index in [0.29, 0.717) is 5.92 Å². The number of halogens is 2. The van der Waals surface area contributed by atoms with Crippen LogP contribution in [0.4, 0.5) is 0 Å². The van der Waals surface area contributed by atoms with Crippen LogP contribution in [0.15, 0.2) is 50.1 Å². The summed E-state index contributed by atoms with van der Waals surface area (Å²) in [6.07, 6.45) is 21.2. The van der Waals surface area contributed by atoms with Gasteiger partial charge in [0.15, 0.2) is 0 Å². The Morgan fingerprint density at radius 2 is 1.11 bits per heavy atom. The van der Waals surface area contributed by atoms with E-state index in [1.54, 1.807) is 0 Å². The zero-order valence-electron chi connectivity index (χ0n) is 23.2. The van der Waals surface area contributed by atoms with Gasteiger partial charge in [-0.2, -0.15) is 0 Å². The fourth-order valence-corrected chi connectivity index (χ4v) is 6.40. The summed E-state index contributed by atoms with van der Waals surface area (Å²) < 4.78 is 4.07. The first kappa shape index (κ1) is 30.4. The van der Waals surface area contributed by atoms with Gasteiger partial charge in [0.1, 0.15) is 0 Å². The largest absolute Gasteiger partial charge is 0.307 e. The predicted octanol–water partition coefficient (Wildman–Crippen LogP) is 11.6. The van der Waals surface area contributed by atoms with E-state index in [-0.39, 0.29) is 5.56 Å². The third-order valence-corrected chi connectivity index (χ3v) is 8.86. The van der Waals surface area contributed by atoms with Gasteiger partial charge in [-0.05, 0) is 48.4 Å². The predicted molar refractivity (Wildman–Crippen MR) is 170 cm³/mol. The van der Waals surface area contributed by atoms with Gasteiger partial charge >= 0.3 is 0 Å². The maximum atomic E-state index is 13.8. The van der Waals surface area contributed by atoms with Gasteiger partial charge in [-0.15, -0.1) is 0 Å². The summed E-state index contributed by atoms with van der Waals surface area (Å²) in [6, 6.07) is 12.5. The van der Waals surface area contributed by atoms with E-state index in [0.717, 1.165) is 37.2 Å². The monoisotopic (exact) mass is 631 g/mol. The Balaban J connectivity index is 1.76. The highest BCUT2D eigenvalue weighted by Gasteiger charge is 2.16. The molecule has 37 heavy (non-hydrogen) atoms. The number of rotatable bonds is 18. The van der Waals surface area contributed by atoms with Gasteiger partial charge in [-0.3, -0.25) is 4.79 Å². The van der Waals surface area contributed by atoms with Crippen LogP contribution < -0.4 is 5.56 Å². The summed E-state index contributed by atoms with van der Waals surface area (Å²) in [5.74, 6) is 0.552. The van der Waals surface area contributed by atoms with E-state index in [9.17, 15) is 4.79 Å². The van der Waals surface area contributed by atoms with Crippen molar-refractivity contribution in [2.24, 2.45) is 5.92 Å². The Bertz CT molecular complexity index is 1150. The van der Waals surface area contributed by atoms with E-state index in [2.05, 4.69) is 74.5 Å². The molecule has 0 radical (unpaired) electrons. The molecule has 0 aliphatic rings. The molecule has 0 fully saturated rings. The number of hydrogen-bond donors (Lipinski definition) is 0. The van der Waals surface area contributed by atoms with Crippen LogP contribution in [0.25, 0.3) is 21.7 Å². The lowest BCUT2D eigenvalue weighted by Gasteiger charge is -2.21. The number of pyridine rings is 1. The molecule has 1 unspecified atom stereocenters. The number of nitrogens with zero attached hydrogens (tertiary/aromatic N) is 1. The highest BCUT2D eigenvalue weighted by atomic mass is 79.9. The van der Waals surface area contributed by atoms with Crippen molar-refractivity contribution in [1.82, 2.24) is 4.57 Å². The van der Waals surface area contributed by atoms with Gasteiger partial charge in [-0.1, -0.05) is 148 Å². The van der Waals surface area contributed by atoms with Crippen molar-refractivity contribution >= 4 is 53.5 Å². The Kier molecular flexibility index (Phi) is 13.8. The third-order valence-electron chi connectivity index (χ3n) is 7.87. The molecule has 2 nitrogen and oxygen atoms in total. The SMILES string of the molecule is CCCCCCCCCCC(CCCCCCCC)Cn1c(=O)c2cc(Br)ccc2c2ccc(Br)cc21. The lowest BCUT2D eigenvalue weighted by Crippen LogP contribution is -2.25. The second-order valence-corrected chi connectivity index (χ2v) is 12.8. The quantitative estimate of drug-likeness (QED) is 0.101. The first-order valence-electron chi connectivity index (χ1n) is 15.0. The average molecular weight is 634 g/mol. The summed E-state index contributed by atoms with van der Waals surface area (Å²) >= 11 is 7.25. The van der Waals surface area contributed by atoms with Crippen molar-refractivity contribution < 1.29 is 0 Å². The summed E-state index contributed by atoms with van der Waals surface area (Å²) in [5.41, 5.74) is 1.20. The van der Waals surface area contributed by atoms with Crippen LogP contribution in [0.5, 0.6) is 0 Å². The minimum Gasteiger partial charge on any atom is -0.307 e. The molecule has 1 aromatic heterocycles. The maximum absolute atomic E-state index is 13.8. The van der Waals surface area contributed by atoms with Crippen molar-refractivity contribution in [1.29, 1.82) is 0 Å². The summed E-state index contributed by atoms with van der Waals surface area (Å²) in [6.45, 7) is 5.38. The lowest BCUT2D eigenvalue weighted by atomic mass is 9.93. The smallest absolute Gasteiger partial charge is 0.258 e. The molecule has 0 saturated carbocycles. The van der Waals surface area contributed by atoms with E-state index in [1.165, 1.54) is 103 Å². The van der Waals surface area contributed by atoms with E-state index >= 15 is 0 Å². The number of fused-ring (bicyclic) bond motifs is 3. The molecule has 204 valence electrons. The second-order valence-electron chi connectivity index (χ2n) is 11.0. The molecule has 0 aliphatic carbocycles. The molecule has 3 aromatic rings. The Hall–Kier alpha value is -1.13. The van der Waals surface area contributed by atoms with Crippen LogP contribution in [0.2, 0.25) is 0 Å². The minimum atomic E-state index is 0.144. The Labute approximate surface area is 241 Å². The molecule has 3 rings (SSSR count). The minimum absolute atomic E-state index is 0.144. The molecule has 1 heterocycles. The third kappa shape index (κ3) is 9.53. The standard InChI is InChI=1S/C33H47Br2NO/c1-3-5-7-9-11-12-14-16-18-26(17-15-13-10-8-6-4-2)25-36-32-24-28(35)20-22-30(32)29-21-19-27(34)23-31(29)33(36)37/h19-24,26H,3-18,25H2,1-2H3. The second kappa shape index (κ2) is 16.7. The van der Waals surface area contributed by atoms with Crippen molar-refractivity contribution in [3.05, 3.63) is 55.7 Å². The van der Waals surface area contributed by atoms with Crippen LogP contribution in [0.3, 0.4) is 0 Å². The van der Waals surface area contributed by atoms with Gasteiger partial charge in [0.2, 0.25) is 0 Å². The van der Waals surface area contributed by atoms with Crippen LogP contribution in [-0.4, -0.2) is 4.57 Å². The summed E-state index contributed by atoms with van der Waals surface area (Å²) in [5, 5.41) is 3.02. The Morgan fingerprint density at radius 3 is 1.68 bits per heavy atom. The molecule has 0 spiro atoms. The fourth-order valence-electron chi connectivity index (χ4n) is 5.69. The van der Waals surface area contributed by atoms with Crippen LogP contribution in [-0.2, 0) is 6.54 Å². The molecule has 4 heteroatoms. The average Bonchev–Trinajstić information content (AvgIpc) is 2.89. The topological polar surface area (TPSA) is 22.0 Å². The normalized spacial score (nSPS) is 12.5. The van der Waals surface area contributed by atoms with Gasteiger partial charge in [0.25, 0.3) is 5.56 Å². The van der Waals surface area contributed by atoms with Crippen molar-refractivity contribution in [3.63, 3.8) is 0 Å². The summed E-state index contributed by atoms with van der Waals surface area (Å²) in [4.78, 5) is 13.8. The molecule has 0 saturated heterocycles. The van der Waals surface area contributed by atoms with Crippen LogP contribution >= 0.6 is 31.9 Å². The first-order chi connectivity index (χ1) is 18.0. The fraction of sp³-hybridized carbons (Fsp3) is 0.606.